The minimum atomic E-state index is 0.0949. The molecule has 2 N–H and O–H groups in total. The first-order chi connectivity index (χ1) is 6.75. The molecule has 1 unspecified atom stereocenters. The summed E-state index contributed by atoms with van der Waals surface area (Å²) in [5.74, 6) is 0.0949. The smallest absolute Gasteiger partial charge is 0.221 e. The van der Waals surface area contributed by atoms with Crippen molar-refractivity contribution in [3.05, 3.63) is 11.4 Å². The first-order valence-electron chi connectivity index (χ1n) is 4.54. The number of hydrogen-bond acceptors (Lipinski definition) is 5. The third-order valence-electron chi connectivity index (χ3n) is 2.28. The lowest BCUT2D eigenvalue weighted by Gasteiger charge is -2.07. The van der Waals surface area contributed by atoms with Crippen LogP contribution in [-0.4, -0.2) is 28.8 Å². The molecule has 6 nitrogen and oxygen atoms in total. The molecule has 1 atom stereocenters. The second-order valence-corrected chi connectivity index (χ2v) is 3.38. The number of carbonyl (C=O) groups is 1. The molecule has 1 saturated heterocycles. The number of nitrogens with one attached hydrogen (secondary N) is 2. The van der Waals surface area contributed by atoms with E-state index in [0.29, 0.717) is 19.5 Å². The molecule has 6 heteroatoms. The zero-order valence-corrected chi connectivity index (χ0v) is 7.91. The lowest BCUT2D eigenvalue weighted by atomic mass is 10.2. The second-order valence-electron chi connectivity index (χ2n) is 3.38. The fourth-order valence-electron chi connectivity index (χ4n) is 1.40. The Bertz CT molecular complexity index is 336. The summed E-state index contributed by atoms with van der Waals surface area (Å²) in [7, 11) is 0. The van der Waals surface area contributed by atoms with Gasteiger partial charge >= 0.3 is 0 Å². The van der Waals surface area contributed by atoms with Gasteiger partial charge in [0.05, 0.1) is 0 Å². The number of nitrogens with zero attached hydrogens (tertiary/aromatic N) is 2. The van der Waals surface area contributed by atoms with Crippen LogP contribution >= 0.6 is 0 Å². The van der Waals surface area contributed by atoms with Crippen molar-refractivity contribution in [3.8, 4) is 0 Å². The Labute approximate surface area is 81.0 Å². The van der Waals surface area contributed by atoms with E-state index in [-0.39, 0.29) is 11.9 Å². The first-order valence-corrected chi connectivity index (χ1v) is 4.54. The van der Waals surface area contributed by atoms with Crippen LogP contribution in [0.2, 0.25) is 0 Å². The average Bonchev–Trinajstić information content (AvgIpc) is 2.72. The lowest BCUT2D eigenvalue weighted by molar-refractivity contribution is -0.119. The third kappa shape index (κ3) is 1.90. The van der Waals surface area contributed by atoms with E-state index in [0.717, 1.165) is 11.4 Å². The SMILES string of the molecule is Cc1nonc1CNC1CNC(=O)C1. The zero-order chi connectivity index (χ0) is 9.97. The monoisotopic (exact) mass is 196 g/mol. The summed E-state index contributed by atoms with van der Waals surface area (Å²) >= 11 is 0. The average molecular weight is 196 g/mol. The summed E-state index contributed by atoms with van der Waals surface area (Å²) in [6.45, 7) is 3.11. The topological polar surface area (TPSA) is 80.1 Å². The molecular weight excluding hydrogens is 184 g/mol. The Morgan fingerprint density at radius 1 is 1.64 bits per heavy atom. The molecule has 2 heterocycles. The molecule has 0 radical (unpaired) electrons. The number of amides is 1. The van der Waals surface area contributed by atoms with Crippen molar-refractivity contribution < 1.29 is 9.42 Å². The molecule has 0 aliphatic carbocycles. The predicted molar refractivity (Wildman–Crippen MR) is 47.3 cm³/mol. The summed E-state index contributed by atoms with van der Waals surface area (Å²) in [5.41, 5.74) is 1.58. The summed E-state index contributed by atoms with van der Waals surface area (Å²) in [6, 6.07) is 0.193. The van der Waals surface area contributed by atoms with Gasteiger partial charge in [0.15, 0.2) is 0 Å². The predicted octanol–water partition coefficient (Wildman–Crippen LogP) is -0.644. The van der Waals surface area contributed by atoms with Crippen molar-refractivity contribution in [3.63, 3.8) is 0 Å². The largest absolute Gasteiger partial charge is 0.354 e. The molecular formula is C8H12N4O2. The number of carbonyl (C=O) groups excluding carboxylic acids is 1. The van der Waals surface area contributed by atoms with E-state index in [9.17, 15) is 4.79 Å². The first kappa shape index (κ1) is 9.14. The lowest BCUT2D eigenvalue weighted by Crippen LogP contribution is -2.30. The second kappa shape index (κ2) is 3.75. The van der Waals surface area contributed by atoms with E-state index in [1.165, 1.54) is 0 Å². The molecule has 1 aliphatic rings. The molecule has 1 amide bonds. The molecule has 0 saturated carbocycles. The highest BCUT2D eigenvalue weighted by Gasteiger charge is 2.21. The van der Waals surface area contributed by atoms with E-state index < -0.39 is 0 Å². The quantitative estimate of drug-likeness (QED) is 0.672. The van der Waals surface area contributed by atoms with Gasteiger partial charge in [0.1, 0.15) is 11.4 Å². The highest BCUT2D eigenvalue weighted by Crippen LogP contribution is 2.03. The molecule has 0 bridgehead atoms. The summed E-state index contributed by atoms with van der Waals surface area (Å²) < 4.78 is 4.56. The standard InChI is InChI=1S/C8H12N4O2/c1-5-7(12-14-11-5)4-9-6-2-8(13)10-3-6/h6,9H,2-4H2,1H3,(H,10,13). The van der Waals surface area contributed by atoms with Gasteiger partial charge in [0.25, 0.3) is 0 Å². The van der Waals surface area contributed by atoms with E-state index in [2.05, 4.69) is 25.6 Å². The zero-order valence-electron chi connectivity index (χ0n) is 7.91. The van der Waals surface area contributed by atoms with E-state index in [4.69, 9.17) is 0 Å². The Morgan fingerprint density at radius 2 is 2.50 bits per heavy atom. The Morgan fingerprint density at radius 3 is 3.07 bits per heavy atom. The van der Waals surface area contributed by atoms with E-state index >= 15 is 0 Å². The molecule has 0 aromatic carbocycles. The van der Waals surface area contributed by atoms with Crippen LogP contribution in [0.25, 0.3) is 0 Å². The fourth-order valence-corrected chi connectivity index (χ4v) is 1.40. The van der Waals surface area contributed by atoms with Crippen LogP contribution in [0.1, 0.15) is 17.8 Å². The van der Waals surface area contributed by atoms with Crippen molar-refractivity contribution in [1.82, 2.24) is 20.9 Å². The van der Waals surface area contributed by atoms with Gasteiger partial charge in [-0.25, -0.2) is 4.63 Å². The number of aryl methyl sites for hydroxylation is 1. The van der Waals surface area contributed by atoms with Crippen molar-refractivity contribution in [2.45, 2.75) is 25.9 Å². The van der Waals surface area contributed by atoms with Crippen molar-refractivity contribution in [2.75, 3.05) is 6.54 Å². The maximum atomic E-state index is 10.9. The molecule has 1 aromatic rings. The molecule has 76 valence electrons. The van der Waals surface area contributed by atoms with Crippen LogP contribution in [0, 0.1) is 6.92 Å². The molecule has 0 spiro atoms. The Hall–Kier alpha value is -1.43. The number of rotatable bonds is 3. The van der Waals surface area contributed by atoms with Crippen LogP contribution in [0.5, 0.6) is 0 Å². The van der Waals surface area contributed by atoms with Crippen LogP contribution < -0.4 is 10.6 Å². The van der Waals surface area contributed by atoms with Gasteiger partial charge in [-0.2, -0.15) is 0 Å². The van der Waals surface area contributed by atoms with Crippen molar-refractivity contribution >= 4 is 5.91 Å². The number of aromatic nitrogens is 2. The highest BCUT2D eigenvalue weighted by atomic mass is 16.6. The van der Waals surface area contributed by atoms with Crippen molar-refractivity contribution in [1.29, 1.82) is 0 Å². The minimum absolute atomic E-state index is 0.0949. The maximum Gasteiger partial charge on any atom is 0.221 e. The van der Waals surface area contributed by atoms with Crippen LogP contribution in [0.4, 0.5) is 0 Å². The molecule has 1 fully saturated rings. The third-order valence-corrected chi connectivity index (χ3v) is 2.28. The Kier molecular flexibility index (Phi) is 2.45. The molecule has 1 aromatic heterocycles. The van der Waals surface area contributed by atoms with Crippen LogP contribution in [0.3, 0.4) is 0 Å². The molecule has 2 rings (SSSR count). The van der Waals surface area contributed by atoms with Gasteiger partial charge in [-0.05, 0) is 6.92 Å². The van der Waals surface area contributed by atoms with Gasteiger partial charge in [-0.3, -0.25) is 4.79 Å². The number of hydrogen-bond donors (Lipinski definition) is 2. The highest BCUT2D eigenvalue weighted by molar-refractivity contribution is 5.78. The van der Waals surface area contributed by atoms with Gasteiger partial charge < -0.3 is 10.6 Å². The van der Waals surface area contributed by atoms with Gasteiger partial charge in [-0.1, -0.05) is 10.3 Å². The maximum absolute atomic E-state index is 10.9. The van der Waals surface area contributed by atoms with Gasteiger partial charge in [-0.15, -0.1) is 0 Å². The van der Waals surface area contributed by atoms with Crippen molar-refractivity contribution in [2.24, 2.45) is 0 Å². The van der Waals surface area contributed by atoms with Crippen LogP contribution in [0.15, 0.2) is 4.63 Å². The fraction of sp³-hybridized carbons (Fsp3) is 0.625. The summed E-state index contributed by atoms with van der Waals surface area (Å²) in [5, 5.41) is 13.4. The van der Waals surface area contributed by atoms with Crippen LogP contribution in [-0.2, 0) is 11.3 Å². The minimum Gasteiger partial charge on any atom is -0.354 e. The van der Waals surface area contributed by atoms with E-state index in [1.54, 1.807) is 0 Å². The molecule has 14 heavy (non-hydrogen) atoms. The van der Waals surface area contributed by atoms with E-state index in [1.807, 2.05) is 6.92 Å². The normalized spacial score (nSPS) is 21.2. The molecule has 1 aliphatic heterocycles. The summed E-state index contributed by atoms with van der Waals surface area (Å²) in [6.07, 6.45) is 0.532. The summed E-state index contributed by atoms with van der Waals surface area (Å²) in [4.78, 5) is 10.9. The Balaban J connectivity index is 1.83. The van der Waals surface area contributed by atoms with Gasteiger partial charge in [0, 0.05) is 25.6 Å². The van der Waals surface area contributed by atoms with Gasteiger partial charge in [0.2, 0.25) is 5.91 Å².